The first kappa shape index (κ1) is 19.1. The summed E-state index contributed by atoms with van der Waals surface area (Å²) >= 11 is 12.1. The van der Waals surface area contributed by atoms with Crippen LogP contribution >= 0.6 is 23.2 Å². The molecule has 1 aromatic heterocycles. The molecule has 0 spiro atoms. The van der Waals surface area contributed by atoms with E-state index in [1.165, 1.54) is 0 Å². The van der Waals surface area contributed by atoms with Crippen molar-refractivity contribution in [1.29, 1.82) is 0 Å². The van der Waals surface area contributed by atoms with Gasteiger partial charge in [0, 0.05) is 23.3 Å². The van der Waals surface area contributed by atoms with Gasteiger partial charge in [-0.05, 0) is 50.8 Å². The Kier molecular flexibility index (Phi) is 5.82. The van der Waals surface area contributed by atoms with E-state index in [0.29, 0.717) is 21.5 Å². The van der Waals surface area contributed by atoms with E-state index < -0.39 is 11.0 Å². The van der Waals surface area contributed by atoms with Crippen molar-refractivity contribution in [2.24, 2.45) is 0 Å². The van der Waals surface area contributed by atoms with Crippen LogP contribution in [0.3, 0.4) is 0 Å². The van der Waals surface area contributed by atoms with Crippen LogP contribution in [0.1, 0.15) is 11.3 Å². The maximum atomic E-state index is 12.6. The highest BCUT2D eigenvalue weighted by Crippen LogP contribution is 2.29. The minimum absolute atomic E-state index is 0.533. The number of nitrogens with zero attached hydrogens (tertiary/aromatic N) is 2. The number of hydrogen-bond acceptors (Lipinski definition) is 3. The fourth-order valence-corrected chi connectivity index (χ4v) is 3.91. The maximum absolute atomic E-state index is 12.6. The Morgan fingerprint density at radius 2 is 1.88 bits per heavy atom. The molecule has 0 aliphatic heterocycles. The summed E-state index contributed by atoms with van der Waals surface area (Å²) in [7, 11) is 2.31. The number of fused-ring (bicyclic) bond motifs is 1. The Labute approximate surface area is 165 Å². The van der Waals surface area contributed by atoms with Gasteiger partial charge in [0.25, 0.3) is 0 Å². The summed E-state index contributed by atoms with van der Waals surface area (Å²) in [6.45, 7) is 2.52. The van der Waals surface area contributed by atoms with Crippen molar-refractivity contribution in [3.63, 3.8) is 0 Å². The normalized spacial score (nSPS) is 12.5. The molecule has 0 aliphatic rings. The Balaban J connectivity index is 1.99. The van der Waals surface area contributed by atoms with Gasteiger partial charge >= 0.3 is 0 Å². The SMILES string of the molecule is Cc1cc(NCc2ccc(Cl)c(Cl)c2)c2cccc(S(=O)N(C)C)c2n1. The lowest BCUT2D eigenvalue weighted by Crippen LogP contribution is -2.16. The van der Waals surface area contributed by atoms with E-state index >= 15 is 0 Å². The van der Waals surface area contributed by atoms with Gasteiger partial charge in [-0.25, -0.2) is 8.51 Å². The van der Waals surface area contributed by atoms with Crippen LogP contribution in [0, 0.1) is 6.92 Å². The van der Waals surface area contributed by atoms with Crippen molar-refractivity contribution in [2.45, 2.75) is 18.4 Å². The predicted molar refractivity (Wildman–Crippen MR) is 110 cm³/mol. The molecule has 1 unspecified atom stereocenters. The number of halogens is 2. The largest absolute Gasteiger partial charge is 0.380 e. The first-order chi connectivity index (χ1) is 12.4. The van der Waals surface area contributed by atoms with Crippen molar-refractivity contribution in [2.75, 3.05) is 19.4 Å². The van der Waals surface area contributed by atoms with Gasteiger partial charge in [-0.2, -0.15) is 0 Å². The molecule has 3 rings (SSSR count). The summed E-state index contributed by atoms with van der Waals surface area (Å²) in [6.07, 6.45) is 0. The highest BCUT2D eigenvalue weighted by atomic mass is 35.5. The fraction of sp³-hybridized carbons (Fsp3) is 0.211. The third-order valence-electron chi connectivity index (χ3n) is 3.92. The number of pyridine rings is 1. The molecule has 4 nitrogen and oxygen atoms in total. The molecule has 1 atom stereocenters. The Morgan fingerprint density at radius 3 is 2.58 bits per heavy atom. The molecule has 3 aromatic rings. The van der Waals surface area contributed by atoms with E-state index in [4.69, 9.17) is 23.2 Å². The summed E-state index contributed by atoms with van der Waals surface area (Å²) in [5.74, 6) is 0. The van der Waals surface area contributed by atoms with Crippen molar-refractivity contribution in [3.8, 4) is 0 Å². The molecular weight excluding hydrogens is 389 g/mol. The maximum Gasteiger partial charge on any atom is 0.129 e. The number of nitrogens with one attached hydrogen (secondary N) is 1. The smallest absolute Gasteiger partial charge is 0.129 e. The molecule has 7 heteroatoms. The summed E-state index contributed by atoms with van der Waals surface area (Å²) in [4.78, 5) is 5.32. The van der Waals surface area contributed by atoms with Crippen molar-refractivity contribution >= 4 is 50.8 Å². The average molecular weight is 408 g/mol. The van der Waals surface area contributed by atoms with Gasteiger partial charge < -0.3 is 5.32 Å². The molecular formula is C19H19Cl2N3OS. The fourth-order valence-electron chi connectivity index (χ4n) is 2.68. The first-order valence-electron chi connectivity index (χ1n) is 8.04. The van der Waals surface area contributed by atoms with Crippen molar-refractivity contribution < 1.29 is 4.21 Å². The van der Waals surface area contributed by atoms with Crippen LogP contribution in [0.15, 0.2) is 47.4 Å². The summed E-state index contributed by atoms with van der Waals surface area (Å²) in [6, 6.07) is 13.3. The number of aryl methyl sites for hydroxylation is 1. The zero-order valence-electron chi connectivity index (χ0n) is 14.7. The van der Waals surface area contributed by atoms with E-state index in [2.05, 4.69) is 10.3 Å². The van der Waals surface area contributed by atoms with Crippen LogP contribution in [-0.4, -0.2) is 27.6 Å². The second-order valence-corrected chi connectivity index (χ2v) is 8.61. The molecule has 0 bridgehead atoms. The van der Waals surface area contributed by atoms with Gasteiger partial charge in [-0.3, -0.25) is 4.98 Å². The highest BCUT2D eigenvalue weighted by molar-refractivity contribution is 7.82. The number of anilines is 1. The minimum atomic E-state index is -1.26. The van der Waals surface area contributed by atoms with E-state index in [1.807, 2.05) is 43.3 Å². The molecule has 0 fully saturated rings. The van der Waals surface area contributed by atoms with E-state index in [-0.39, 0.29) is 0 Å². The number of rotatable bonds is 5. The van der Waals surface area contributed by atoms with E-state index in [9.17, 15) is 4.21 Å². The van der Waals surface area contributed by atoms with Crippen LogP contribution < -0.4 is 5.32 Å². The van der Waals surface area contributed by atoms with Crippen molar-refractivity contribution in [1.82, 2.24) is 9.29 Å². The summed E-state index contributed by atoms with van der Waals surface area (Å²) in [5.41, 5.74) is 3.57. The monoisotopic (exact) mass is 407 g/mol. The van der Waals surface area contributed by atoms with Gasteiger partial charge in [-0.1, -0.05) is 41.4 Å². The number of aromatic nitrogens is 1. The Hall–Kier alpha value is -1.66. The molecule has 26 heavy (non-hydrogen) atoms. The lowest BCUT2D eigenvalue weighted by molar-refractivity contribution is 0.603. The molecule has 136 valence electrons. The van der Waals surface area contributed by atoms with E-state index in [1.54, 1.807) is 24.5 Å². The second-order valence-electron chi connectivity index (χ2n) is 6.13. The van der Waals surface area contributed by atoms with Crippen LogP contribution in [0.2, 0.25) is 10.0 Å². The van der Waals surface area contributed by atoms with Crippen LogP contribution in [0.25, 0.3) is 10.9 Å². The highest BCUT2D eigenvalue weighted by Gasteiger charge is 2.14. The van der Waals surface area contributed by atoms with Gasteiger partial charge in [-0.15, -0.1) is 0 Å². The van der Waals surface area contributed by atoms with Crippen molar-refractivity contribution in [3.05, 3.63) is 63.8 Å². The van der Waals surface area contributed by atoms with Gasteiger partial charge in [0.15, 0.2) is 0 Å². The Bertz CT molecular complexity index is 992. The first-order valence-corrected chi connectivity index (χ1v) is 9.90. The molecule has 1 heterocycles. The average Bonchev–Trinajstić information content (AvgIpc) is 2.61. The third kappa shape index (κ3) is 4.01. The van der Waals surface area contributed by atoms with Crippen LogP contribution in [0.5, 0.6) is 0 Å². The number of hydrogen-bond donors (Lipinski definition) is 1. The zero-order chi connectivity index (χ0) is 18.8. The zero-order valence-corrected chi connectivity index (χ0v) is 17.0. The molecule has 0 radical (unpaired) electrons. The lowest BCUT2D eigenvalue weighted by Gasteiger charge is -2.15. The predicted octanol–water partition coefficient (Wildman–Crippen LogP) is 5.05. The quantitative estimate of drug-likeness (QED) is 0.643. The topological polar surface area (TPSA) is 45.2 Å². The lowest BCUT2D eigenvalue weighted by atomic mass is 10.1. The molecule has 2 aromatic carbocycles. The Morgan fingerprint density at radius 1 is 1.12 bits per heavy atom. The molecule has 1 N–H and O–H groups in total. The van der Waals surface area contributed by atoms with Gasteiger partial charge in [0.05, 0.1) is 20.5 Å². The summed E-state index contributed by atoms with van der Waals surface area (Å²) < 4.78 is 14.2. The molecule has 0 aliphatic carbocycles. The minimum Gasteiger partial charge on any atom is -0.380 e. The molecule has 0 saturated carbocycles. The summed E-state index contributed by atoms with van der Waals surface area (Å²) in [5, 5.41) is 5.44. The van der Waals surface area contributed by atoms with Gasteiger partial charge in [0.2, 0.25) is 0 Å². The number of benzene rings is 2. The molecule has 0 saturated heterocycles. The molecule has 0 amide bonds. The van der Waals surface area contributed by atoms with Crippen LogP contribution in [0.4, 0.5) is 5.69 Å². The second kappa shape index (κ2) is 7.92. The van der Waals surface area contributed by atoms with E-state index in [0.717, 1.165) is 27.8 Å². The standard InChI is InChI=1S/C19H19Cl2N3OS/c1-12-9-17(22-11-13-7-8-15(20)16(21)10-13)14-5-4-6-18(19(14)23-12)26(25)24(2)3/h4-10H,11H2,1-3H3,(H,22,23). The van der Waals surface area contributed by atoms with Gasteiger partial charge in [0.1, 0.15) is 11.0 Å². The van der Waals surface area contributed by atoms with Crippen LogP contribution in [-0.2, 0) is 17.5 Å². The third-order valence-corrected chi connectivity index (χ3v) is 6.03. The number of para-hydroxylation sites is 1.